The van der Waals surface area contributed by atoms with Gasteiger partial charge in [0.25, 0.3) is 5.69 Å². The van der Waals surface area contributed by atoms with E-state index in [-0.39, 0.29) is 11.5 Å². The van der Waals surface area contributed by atoms with E-state index >= 15 is 0 Å². The molecule has 1 aromatic carbocycles. The number of nitrogens with zero attached hydrogens (tertiary/aromatic N) is 2. The number of unbranched alkanes of at least 4 members (excludes halogenated alkanes) is 1. The zero-order valence-corrected chi connectivity index (χ0v) is 14.1. The van der Waals surface area contributed by atoms with Crippen LogP contribution in [-0.4, -0.2) is 15.3 Å². The summed E-state index contributed by atoms with van der Waals surface area (Å²) in [7, 11) is 0. The Morgan fingerprint density at radius 3 is 2.75 bits per heavy atom. The molecule has 0 saturated carbocycles. The predicted octanol–water partition coefficient (Wildman–Crippen LogP) is 3.64. The third kappa shape index (κ3) is 4.08. The van der Waals surface area contributed by atoms with Gasteiger partial charge in [-0.1, -0.05) is 25.5 Å². The molecule has 1 atom stereocenters. The molecule has 24 heavy (non-hydrogen) atoms. The van der Waals surface area contributed by atoms with E-state index < -0.39 is 10.5 Å². The summed E-state index contributed by atoms with van der Waals surface area (Å²) in [5.41, 5.74) is 6.89. The topological polar surface area (TPSA) is 91.2 Å². The van der Waals surface area contributed by atoms with E-state index in [4.69, 9.17) is 5.73 Å². The Balaban J connectivity index is 2.24. The average Bonchev–Trinajstić information content (AvgIpc) is 3.00. The first-order valence-corrected chi connectivity index (χ1v) is 8.07. The molecule has 0 aliphatic carbocycles. The number of nitrogens with two attached hydrogens (primary N) is 1. The Morgan fingerprint density at radius 1 is 1.33 bits per heavy atom. The lowest BCUT2D eigenvalue weighted by molar-refractivity contribution is -0.385. The molecule has 1 unspecified atom stereocenters. The molecule has 0 radical (unpaired) electrons. The number of ketones is 1. The van der Waals surface area contributed by atoms with Crippen LogP contribution >= 0.6 is 0 Å². The minimum Gasteiger partial charge on any atom is -0.343 e. The number of non-ortho nitro benzene ring substituents is 1. The average molecular weight is 329 g/mol. The number of aromatic nitrogens is 1. The van der Waals surface area contributed by atoms with Gasteiger partial charge in [0.1, 0.15) is 0 Å². The fourth-order valence-electron chi connectivity index (χ4n) is 2.69. The summed E-state index contributed by atoms with van der Waals surface area (Å²) in [4.78, 5) is 22.8. The summed E-state index contributed by atoms with van der Waals surface area (Å²) >= 11 is 0. The molecule has 128 valence electrons. The molecule has 2 rings (SSSR count). The molecular weight excluding hydrogens is 306 g/mol. The van der Waals surface area contributed by atoms with Crippen molar-refractivity contribution in [3.63, 3.8) is 0 Å². The van der Waals surface area contributed by atoms with Crippen LogP contribution in [0.15, 0.2) is 42.6 Å². The first kappa shape index (κ1) is 17.9. The lowest BCUT2D eigenvalue weighted by Gasteiger charge is -2.26. The molecule has 1 heterocycles. The molecule has 0 spiro atoms. The van der Waals surface area contributed by atoms with Gasteiger partial charge < -0.3 is 10.3 Å². The van der Waals surface area contributed by atoms with E-state index in [2.05, 4.69) is 0 Å². The van der Waals surface area contributed by atoms with Crippen molar-refractivity contribution in [2.45, 2.75) is 45.2 Å². The first-order chi connectivity index (χ1) is 11.3. The molecule has 0 amide bonds. The third-order valence-electron chi connectivity index (χ3n) is 4.09. The van der Waals surface area contributed by atoms with Gasteiger partial charge in [-0.15, -0.1) is 0 Å². The van der Waals surface area contributed by atoms with Gasteiger partial charge in [0.15, 0.2) is 5.78 Å². The number of rotatable bonds is 8. The number of nitro benzene ring substituents is 1. The molecule has 0 bridgehead atoms. The lowest BCUT2D eigenvalue weighted by atomic mass is 9.92. The second-order valence-corrected chi connectivity index (χ2v) is 6.27. The Hall–Kier alpha value is -2.47. The van der Waals surface area contributed by atoms with Crippen LogP contribution in [0, 0.1) is 10.1 Å². The van der Waals surface area contributed by atoms with Crippen LogP contribution in [0.1, 0.15) is 49.2 Å². The van der Waals surface area contributed by atoms with Gasteiger partial charge >= 0.3 is 0 Å². The van der Waals surface area contributed by atoms with Crippen molar-refractivity contribution >= 4 is 11.5 Å². The van der Waals surface area contributed by atoms with Crippen molar-refractivity contribution in [2.24, 2.45) is 5.73 Å². The van der Waals surface area contributed by atoms with Crippen molar-refractivity contribution in [1.29, 1.82) is 0 Å². The molecule has 0 saturated heterocycles. The zero-order chi connectivity index (χ0) is 17.7. The third-order valence-corrected chi connectivity index (χ3v) is 4.09. The van der Waals surface area contributed by atoms with Crippen molar-refractivity contribution in [3.05, 3.63) is 64.0 Å². The van der Waals surface area contributed by atoms with Gasteiger partial charge in [-0.25, -0.2) is 0 Å². The number of hydrogen-bond donors (Lipinski definition) is 1. The summed E-state index contributed by atoms with van der Waals surface area (Å²) in [6.07, 6.45) is 4.16. The predicted molar refractivity (Wildman–Crippen MR) is 92.9 cm³/mol. The van der Waals surface area contributed by atoms with Gasteiger partial charge in [-0.05, 0) is 31.0 Å². The van der Waals surface area contributed by atoms with E-state index in [1.165, 1.54) is 12.1 Å². The Bertz CT molecular complexity index is 735. The van der Waals surface area contributed by atoms with Gasteiger partial charge in [0, 0.05) is 31.3 Å². The van der Waals surface area contributed by atoms with Gasteiger partial charge in [-0.2, -0.15) is 0 Å². The standard InChI is InChI=1S/C18H23N3O3/c1-3-4-10-17(22)16-9-6-11-20(16)13-18(2,19)14-7-5-8-15(12-14)21(23)24/h5-9,11-12H,3-4,10,13,19H2,1-2H3. The van der Waals surface area contributed by atoms with Crippen LogP contribution < -0.4 is 5.73 Å². The molecule has 2 N–H and O–H groups in total. The fourth-order valence-corrected chi connectivity index (χ4v) is 2.69. The fraction of sp³-hybridized carbons (Fsp3) is 0.389. The van der Waals surface area contributed by atoms with Crippen LogP contribution in [0.25, 0.3) is 0 Å². The van der Waals surface area contributed by atoms with E-state index in [1.54, 1.807) is 18.2 Å². The highest BCUT2D eigenvalue weighted by atomic mass is 16.6. The molecule has 2 aromatic rings. The SMILES string of the molecule is CCCCC(=O)c1cccn1CC(C)(N)c1cccc([N+](=O)[O-])c1. The largest absolute Gasteiger partial charge is 0.343 e. The monoisotopic (exact) mass is 329 g/mol. The van der Waals surface area contributed by atoms with Crippen molar-refractivity contribution in [2.75, 3.05) is 0 Å². The first-order valence-electron chi connectivity index (χ1n) is 8.07. The molecule has 6 heteroatoms. The Labute approximate surface area is 141 Å². The summed E-state index contributed by atoms with van der Waals surface area (Å²) in [5, 5.41) is 11.0. The summed E-state index contributed by atoms with van der Waals surface area (Å²) in [5.74, 6) is 0.0942. The number of hydrogen-bond acceptors (Lipinski definition) is 4. The lowest BCUT2D eigenvalue weighted by Crippen LogP contribution is -2.38. The maximum absolute atomic E-state index is 12.3. The molecule has 0 aliphatic rings. The van der Waals surface area contributed by atoms with Gasteiger partial charge in [0.2, 0.25) is 0 Å². The maximum Gasteiger partial charge on any atom is 0.269 e. The number of nitro groups is 1. The van der Waals surface area contributed by atoms with E-state index in [1.807, 2.05) is 30.7 Å². The highest BCUT2D eigenvalue weighted by molar-refractivity contribution is 5.94. The van der Waals surface area contributed by atoms with Crippen LogP contribution in [0.4, 0.5) is 5.69 Å². The second-order valence-electron chi connectivity index (χ2n) is 6.27. The Morgan fingerprint density at radius 2 is 2.08 bits per heavy atom. The minimum absolute atomic E-state index is 0.0101. The maximum atomic E-state index is 12.3. The summed E-state index contributed by atoms with van der Waals surface area (Å²) in [6, 6.07) is 9.94. The number of carbonyl (C=O) groups is 1. The highest BCUT2D eigenvalue weighted by Gasteiger charge is 2.25. The smallest absolute Gasteiger partial charge is 0.269 e. The zero-order valence-electron chi connectivity index (χ0n) is 14.1. The number of carbonyl (C=O) groups excluding carboxylic acids is 1. The van der Waals surface area contributed by atoms with Crippen molar-refractivity contribution in [1.82, 2.24) is 4.57 Å². The van der Waals surface area contributed by atoms with Crippen LogP contribution in [0.3, 0.4) is 0 Å². The van der Waals surface area contributed by atoms with E-state index in [0.717, 1.165) is 12.8 Å². The molecular formula is C18H23N3O3. The van der Waals surface area contributed by atoms with E-state index in [0.29, 0.717) is 24.2 Å². The van der Waals surface area contributed by atoms with Gasteiger partial charge in [-0.3, -0.25) is 14.9 Å². The van der Waals surface area contributed by atoms with Crippen molar-refractivity contribution < 1.29 is 9.72 Å². The van der Waals surface area contributed by atoms with Crippen LogP contribution in [0.5, 0.6) is 0 Å². The quantitative estimate of drug-likeness (QED) is 0.454. The molecule has 6 nitrogen and oxygen atoms in total. The van der Waals surface area contributed by atoms with Crippen molar-refractivity contribution in [3.8, 4) is 0 Å². The summed E-state index contributed by atoms with van der Waals surface area (Å²) < 4.78 is 1.83. The second kappa shape index (κ2) is 7.40. The number of benzene rings is 1. The number of Topliss-reactive ketones (excluding diaryl/α,β-unsaturated/α-hetero) is 1. The van der Waals surface area contributed by atoms with E-state index in [9.17, 15) is 14.9 Å². The molecule has 0 aliphatic heterocycles. The molecule has 1 aromatic heterocycles. The molecule has 0 fully saturated rings. The Kier molecular flexibility index (Phi) is 5.51. The highest BCUT2D eigenvalue weighted by Crippen LogP contribution is 2.25. The van der Waals surface area contributed by atoms with Crippen LogP contribution in [0.2, 0.25) is 0 Å². The summed E-state index contributed by atoms with van der Waals surface area (Å²) in [6.45, 7) is 4.23. The van der Waals surface area contributed by atoms with Gasteiger partial charge in [0.05, 0.1) is 16.2 Å². The minimum atomic E-state index is -0.829. The normalized spacial score (nSPS) is 13.5. The van der Waals surface area contributed by atoms with Crippen LogP contribution in [-0.2, 0) is 12.1 Å².